The maximum atomic E-state index is 11.5. The number of aryl methyl sites for hydroxylation is 9. The maximum absolute atomic E-state index is 11.5. The van der Waals surface area contributed by atoms with E-state index in [1.165, 1.54) is 42.6 Å². The van der Waals surface area contributed by atoms with Crippen molar-refractivity contribution in [2.45, 2.75) is 168 Å². The van der Waals surface area contributed by atoms with E-state index in [-0.39, 0.29) is 124 Å². The SMILES string of the molecule is C.C=Nc1c(C)c(C)n(P)c1N.CC(=O)Cl.Cc1nc(C2CCCC([NH-])C2)c2c(C)c(C)[nH]c2n1.Cc1nc(Cl)c2c(C)c(C)[nH]c2n1.Cc1nc2[nH]c(C)c(C)c2c(=O)[nH]1.[Ac].[Ac].[C-]#[N+]c1c(C)c(C)n(P)c1NC(C)=O.[NH-]C1CCCNC1. The van der Waals surface area contributed by atoms with E-state index in [1.54, 1.807) is 11.3 Å². The van der Waals surface area contributed by atoms with Gasteiger partial charge in [-0.15, -0.1) is 12.1 Å². The van der Waals surface area contributed by atoms with E-state index in [9.17, 15) is 14.4 Å². The van der Waals surface area contributed by atoms with Crippen molar-refractivity contribution in [3.63, 3.8) is 0 Å². The molecule has 8 aromatic heterocycles. The third kappa shape index (κ3) is 20.8. The molecule has 1 aliphatic carbocycles. The van der Waals surface area contributed by atoms with E-state index >= 15 is 0 Å². The smallest absolute Gasteiger partial charge is 0.260 e. The number of carbonyl (C=O) groups is 2. The molecule has 1 saturated heterocycles. The van der Waals surface area contributed by atoms with Crippen LogP contribution in [-0.4, -0.2) is 96.6 Å². The van der Waals surface area contributed by atoms with Crippen molar-refractivity contribution in [2.75, 3.05) is 24.1 Å². The molecule has 27 heteroatoms. The van der Waals surface area contributed by atoms with Gasteiger partial charge in [0.1, 0.15) is 56.9 Å². The fourth-order valence-corrected chi connectivity index (χ4v) is 10.3. The molecule has 1 amide bonds. The number of hydrogen-bond donors (Lipinski definition) is 7. The first-order valence-electron chi connectivity index (χ1n) is 26.4. The van der Waals surface area contributed by atoms with Crippen molar-refractivity contribution < 1.29 is 97.7 Å². The summed E-state index contributed by atoms with van der Waals surface area (Å²) in [4.78, 5) is 73.0. The van der Waals surface area contributed by atoms with Gasteiger partial charge >= 0.3 is 0 Å². The molecule has 452 valence electrons. The molecule has 10 rings (SSSR count). The van der Waals surface area contributed by atoms with Gasteiger partial charge in [0.2, 0.25) is 16.8 Å². The summed E-state index contributed by atoms with van der Waals surface area (Å²) in [7, 11) is 5.01. The van der Waals surface area contributed by atoms with Gasteiger partial charge in [-0.25, -0.2) is 29.8 Å². The number of nitrogen functional groups attached to an aromatic ring is 1. The number of aromatic amines is 4. The minimum absolute atomic E-state index is 0. The standard InChI is InChI=1S/C15H21N4.C9H10ClN3.C9H12N3OP.C9H11N3O.C7H12N3P.C5H11N2.C2H3ClO.CH4.2Ac/c1-8-9(2)17-15-13(8)14(18-10(3)19-15)11-5-4-6-12(16)7-11;1-4-5(2)11-9-7(4)8(10)12-6(3)13-9;1-5-6(2)12(14)9(8(5)10-4)11-7(3)13;1-4-5(2)10-8-7(4)9(13)12-6(3)11-8;1-4-5(2)10(11)7(8)6(4)9-3;6-5-2-1-3-7-4-5;1-2(3)4;;;/h11-12,16H,4-7H2,1-3H3,(H,17,18,19);1-3H3,(H,11,12,13);14H2,1-3H3,(H,11,13);1-3H3,(H2,10,11,12,13);3,8,11H2,1-2H3;5-7H,1-4H2;1H3;1H4;;/q-1;;;;;-1;;;;. The van der Waals surface area contributed by atoms with E-state index in [0.29, 0.717) is 51.1 Å². The molecule has 0 bridgehead atoms. The Kier molecular flexibility index (Phi) is 33.8. The fourth-order valence-electron chi connectivity index (χ4n) is 9.27. The molecule has 8 aromatic rings. The quantitative estimate of drug-likeness (QED) is 0.0288. The summed E-state index contributed by atoms with van der Waals surface area (Å²) in [5.74, 6) is 3.62. The van der Waals surface area contributed by atoms with Gasteiger partial charge in [-0.1, -0.05) is 44.7 Å². The Morgan fingerprint density at radius 1 is 0.726 bits per heavy atom. The largest absolute Gasteiger partial charge is 0.675 e. The van der Waals surface area contributed by atoms with E-state index in [1.807, 2.05) is 73.6 Å². The van der Waals surface area contributed by atoms with Gasteiger partial charge in [0.15, 0.2) is 0 Å². The fraction of sp³-hybridized carbons (Fsp3) is 0.474. The third-order valence-electron chi connectivity index (χ3n) is 14.2. The molecular weight excluding hydrogens is 1570 g/mol. The maximum Gasteiger partial charge on any atom is 0.260 e. The molecule has 5 unspecified atom stereocenters. The Balaban J connectivity index is 0.000000503. The molecule has 2 aliphatic rings. The molecule has 9 heterocycles. The normalized spacial score (nSPS) is 14.8. The zero-order valence-electron chi connectivity index (χ0n) is 50.5. The monoisotopic (exact) mass is 1650 g/mol. The zero-order chi connectivity index (χ0) is 60.9. The molecule has 0 spiro atoms. The number of aliphatic imine (C=N–C) groups is 1. The predicted octanol–water partition coefficient (Wildman–Crippen LogP) is 13.8. The van der Waals surface area contributed by atoms with Gasteiger partial charge in [0.25, 0.3) is 5.56 Å². The van der Waals surface area contributed by atoms with E-state index in [0.717, 1.165) is 118 Å². The van der Waals surface area contributed by atoms with E-state index in [4.69, 9.17) is 40.4 Å². The third-order valence-corrected chi connectivity index (χ3v) is 15.8. The number of nitrogens with two attached hydrogens (primary N) is 1. The van der Waals surface area contributed by atoms with Crippen LogP contribution in [-0.2, 0) is 9.59 Å². The Bertz CT molecular complexity index is 3620. The van der Waals surface area contributed by atoms with Crippen molar-refractivity contribution >= 4 is 116 Å². The van der Waals surface area contributed by atoms with Crippen LogP contribution in [0.2, 0.25) is 5.15 Å². The van der Waals surface area contributed by atoms with Crippen LogP contribution in [0.5, 0.6) is 0 Å². The topological polar surface area (TPSA) is 303 Å². The van der Waals surface area contributed by atoms with Crippen LogP contribution in [0.15, 0.2) is 9.79 Å². The number of fused-ring (bicyclic) bond motifs is 3. The number of aromatic nitrogens is 11. The van der Waals surface area contributed by atoms with Crippen molar-refractivity contribution in [3.8, 4) is 0 Å². The Hall–Kier alpha value is -3.48. The summed E-state index contributed by atoms with van der Waals surface area (Å²) in [6, 6.07) is 0.248. The summed E-state index contributed by atoms with van der Waals surface area (Å²) < 4.78 is 3.57. The minimum Gasteiger partial charge on any atom is -0.675 e. The number of piperidine rings is 1. The first kappa shape index (κ1) is 78.5. The van der Waals surface area contributed by atoms with E-state index < -0.39 is 0 Å². The van der Waals surface area contributed by atoms with Crippen LogP contribution in [0, 0.1) is 185 Å². The Morgan fingerprint density at radius 3 is 1.65 bits per heavy atom. The molecule has 0 aromatic carbocycles. The summed E-state index contributed by atoms with van der Waals surface area (Å²) in [6.45, 7) is 40.6. The second kappa shape index (κ2) is 36.1. The Morgan fingerprint density at radius 2 is 1.21 bits per heavy atom. The molecule has 2 radical (unpaired) electrons. The van der Waals surface area contributed by atoms with Gasteiger partial charge in [0, 0.05) is 142 Å². The second-order valence-electron chi connectivity index (χ2n) is 20.3. The second-order valence-corrected chi connectivity index (χ2v) is 22.2. The summed E-state index contributed by atoms with van der Waals surface area (Å²) in [5.41, 5.74) is 36.5. The van der Waals surface area contributed by atoms with Crippen LogP contribution in [0.1, 0.15) is 145 Å². The molecular formula is C57H84Ac2Cl2N18O3P2-2. The van der Waals surface area contributed by atoms with Crippen molar-refractivity contribution in [3.05, 3.63) is 118 Å². The number of halogens is 2. The van der Waals surface area contributed by atoms with Gasteiger partial charge < -0.3 is 56.4 Å². The van der Waals surface area contributed by atoms with Crippen LogP contribution in [0.4, 0.5) is 23.0 Å². The number of carbonyl (C=O) groups excluding carboxylic acids is 2. The van der Waals surface area contributed by atoms with Gasteiger partial charge in [0.05, 0.1) is 23.0 Å². The summed E-state index contributed by atoms with van der Waals surface area (Å²) >= 11 is 10.6. The number of rotatable bonds is 3. The summed E-state index contributed by atoms with van der Waals surface area (Å²) in [5, 5.41) is 8.76. The van der Waals surface area contributed by atoms with Crippen LogP contribution >= 0.6 is 42.0 Å². The van der Waals surface area contributed by atoms with Crippen LogP contribution < -0.4 is 21.9 Å². The zero-order valence-corrected chi connectivity index (χ0v) is 63.8. The van der Waals surface area contributed by atoms with Crippen molar-refractivity contribution in [2.24, 2.45) is 4.99 Å². The molecule has 1 aliphatic heterocycles. The Labute approximate surface area is 580 Å². The van der Waals surface area contributed by atoms with Crippen molar-refractivity contribution in [1.82, 2.24) is 58.8 Å². The van der Waals surface area contributed by atoms with Gasteiger partial charge in [-0.2, -0.15) is 0 Å². The summed E-state index contributed by atoms with van der Waals surface area (Å²) in [6.07, 6.45) is 6.56. The molecule has 2 fully saturated rings. The molecule has 84 heavy (non-hydrogen) atoms. The number of H-pyrrole nitrogens is 4. The molecule has 5 atom stereocenters. The number of nitrogens with zero attached hydrogens (tertiary/aromatic N) is 9. The minimum atomic E-state index is -0.361. The average Bonchev–Trinajstić information content (AvgIpc) is 3.73. The number of hydrogen-bond acceptors (Lipinski definition) is 11. The van der Waals surface area contributed by atoms with Gasteiger partial charge in [-0.3, -0.25) is 19.4 Å². The number of amides is 1. The first-order chi connectivity index (χ1) is 37.9. The molecule has 10 N–H and O–H groups in total. The van der Waals surface area contributed by atoms with E-state index in [2.05, 4.69) is 111 Å². The molecule has 1 saturated carbocycles. The number of nitrogens with one attached hydrogen (secondary N) is 8. The predicted molar refractivity (Wildman–Crippen MR) is 347 cm³/mol. The van der Waals surface area contributed by atoms with Crippen molar-refractivity contribution in [1.29, 1.82) is 0 Å². The average molecular weight is 1660 g/mol. The number of anilines is 2. The van der Waals surface area contributed by atoms with Crippen LogP contribution in [0.3, 0.4) is 0 Å². The molecule has 21 nitrogen and oxygen atoms in total. The van der Waals surface area contributed by atoms with Crippen LogP contribution in [0.25, 0.3) is 49.4 Å². The first-order valence-corrected chi connectivity index (χ1v) is 28.2. The van der Waals surface area contributed by atoms with Gasteiger partial charge in [-0.05, 0) is 181 Å².